The Hall–Kier alpha value is -0.100. The van der Waals surface area contributed by atoms with Gasteiger partial charge in [-0.15, -0.1) is 0 Å². The Balaban J connectivity index is -0.0000000800. The van der Waals surface area contributed by atoms with Crippen molar-refractivity contribution in [3.63, 3.8) is 0 Å². The second kappa shape index (κ2) is 15.7. The van der Waals surface area contributed by atoms with Crippen LogP contribution in [-0.2, 0) is 9.59 Å². The number of aliphatic hydroxyl groups is 1. The number of aliphatic hydroxyl groups excluding tert-OH is 1. The van der Waals surface area contributed by atoms with Gasteiger partial charge in [0.1, 0.15) is 0 Å². The summed E-state index contributed by atoms with van der Waals surface area (Å²) in [7, 11) is 0. The largest absolute Gasteiger partial charge is 1.00 e. The molecular formula is C3H5NaO5. The Morgan fingerprint density at radius 3 is 1.78 bits per heavy atom. The molecule has 0 aliphatic rings. The molecule has 0 unspecified atom stereocenters. The van der Waals surface area contributed by atoms with Crippen molar-refractivity contribution in [3.8, 4) is 0 Å². The van der Waals surface area contributed by atoms with Crippen molar-refractivity contribution < 1.29 is 54.5 Å². The number of aliphatic carboxylic acids is 1. The van der Waals surface area contributed by atoms with Crippen LogP contribution >= 0.6 is 0 Å². The minimum absolute atomic E-state index is 0. The molecule has 9 heavy (non-hydrogen) atoms. The summed E-state index contributed by atoms with van der Waals surface area (Å²) in [6.07, 6.45) is 0. The number of hydrogen-bond acceptors (Lipinski definition) is 4. The van der Waals surface area contributed by atoms with Gasteiger partial charge in [0.2, 0.25) is 0 Å². The number of hydrogen-bond donors (Lipinski definition) is 2. The molecule has 0 fully saturated rings. The Morgan fingerprint density at radius 2 is 1.78 bits per heavy atom. The van der Waals surface area contributed by atoms with Crippen LogP contribution in [0.1, 0.15) is 0 Å². The van der Waals surface area contributed by atoms with Crippen LogP contribution in [-0.4, -0.2) is 29.3 Å². The fourth-order valence-electron chi connectivity index (χ4n) is 0. The molecule has 0 radical (unpaired) electrons. The Kier molecular flexibility index (Phi) is 27.8. The molecule has 0 aromatic rings. The van der Waals surface area contributed by atoms with E-state index in [4.69, 9.17) is 24.9 Å². The molecule has 0 spiro atoms. The fraction of sp³-hybridized carbons (Fsp3) is 0.333. The van der Waals surface area contributed by atoms with E-state index in [0.29, 0.717) is 0 Å². The molecule has 0 saturated heterocycles. The number of rotatable bonds is 1. The average molecular weight is 144 g/mol. The topological polar surface area (TPSA) is 97.7 Å². The molecule has 2 N–H and O–H groups in total. The summed E-state index contributed by atoms with van der Waals surface area (Å²) in [6, 6.07) is 0. The summed E-state index contributed by atoms with van der Waals surface area (Å²) in [6.45, 7) is -1.14. The second-order valence-corrected chi connectivity index (χ2v) is 0.636. The molecule has 48 valence electrons. The summed E-state index contributed by atoms with van der Waals surface area (Å²) in [5.41, 5.74) is 0. The second-order valence-electron chi connectivity index (χ2n) is 0.636. The van der Waals surface area contributed by atoms with Crippen LogP contribution in [0.5, 0.6) is 0 Å². The van der Waals surface area contributed by atoms with Gasteiger partial charge in [-0.05, 0) is 0 Å². The molecule has 0 aromatic heterocycles. The third-order valence-electron chi connectivity index (χ3n) is 0.129. The van der Waals surface area contributed by atoms with Crippen molar-refractivity contribution in [2.45, 2.75) is 0 Å². The molecule has 0 saturated carbocycles. The molecule has 0 rings (SSSR count). The summed E-state index contributed by atoms with van der Waals surface area (Å²) in [5, 5.41) is 23.4. The minimum atomic E-state index is -1.44. The normalized spacial score (nSPS) is 5.44. The maximum Gasteiger partial charge on any atom is 1.00 e. The third-order valence-corrected chi connectivity index (χ3v) is 0.129. The van der Waals surface area contributed by atoms with E-state index in [2.05, 4.69) is 0 Å². The predicted octanol–water partition coefficient (Wildman–Crippen LogP) is -5.57. The van der Waals surface area contributed by atoms with Gasteiger partial charge < -0.3 is 20.1 Å². The van der Waals surface area contributed by atoms with Crippen molar-refractivity contribution in [1.82, 2.24) is 0 Å². The van der Waals surface area contributed by atoms with Crippen LogP contribution in [0.4, 0.5) is 0 Å². The maximum absolute atomic E-state index is 9.01. The van der Waals surface area contributed by atoms with E-state index in [-0.39, 0.29) is 36.0 Å². The van der Waals surface area contributed by atoms with E-state index in [1.165, 1.54) is 0 Å². The van der Waals surface area contributed by atoms with Gasteiger partial charge in [0, 0.05) is 0 Å². The number of carbonyl (C=O) groups excluding carboxylic acids is 1. The van der Waals surface area contributed by atoms with Crippen molar-refractivity contribution >= 4 is 12.4 Å². The van der Waals surface area contributed by atoms with E-state index >= 15 is 0 Å². The third kappa shape index (κ3) is 76.2. The summed E-state index contributed by atoms with van der Waals surface area (Å²) in [4.78, 5) is 17.4. The van der Waals surface area contributed by atoms with Crippen LogP contribution in [0.3, 0.4) is 0 Å². The molecule has 0 aliphatic heterocycles. The van der Waals surface area contributed by atoms with Gasteiger partial charge in [0.15, 0.2) is 0 Å². The summed E-state index contributed by atoms with van der Waals surface area (Å²) >= 11 is 0. The average Bonchev–Trinajstić information content (AvgIpc) is 1.69. The summed E-state index contributed by atoms with van der Waals surface area (Å²) < 4.78 is 0. The van der Waals surface area contributed by atoms with E-state index in [1.807, 2.05) is 0 Å². The first-order valence-electron chi connectivity index (χ1n) is 1.57. The molecule has 0 aromatic carbocycles. The standard InChI is InChI=1S/C2H4O3.CH2O2.Na/c3-1-2(4)5;2-1-3;/h3H,1H2,(H,4,5);1H,(H,2,3);/q;;+1/p-1. The van der Waals surface area contributed by atoms with E-state index in [9.17, 15) is 0 Å². The first-order chi connectivity index (χ1) is 3.68. The minimum Gasteiger partial charge on any atom is -0.548 e. The summed E-state index contributed by atoms with van der Waals surface area (Å²) in [5.74, 6) is -1.44. The molecule has 0 heterocycles. The van der Waals surface area contributed by atoms with Gasteiger partial charge in [-0.3, -0.25) is 4.79 Å². The molecule has 6 heteroatoms. The van der Waals surface area contributed by atoms with E-state index in [1.54, 1.807) is 0 Å². The van der Waals surface area contributed by atoms with E-state index < -0.39 is 12.6 Å². The number of carboxylic acid groups (broad SMARTS) is 2. The zero-order valence-electron chi connectivity index (χ0n) is 4.90. The van der Waals surface area contributed by atoms with Crippen molar-refractivity contribution in [2.24, 2.45) is 0 Å². The molecular weight excluding hydrogens is 139 g/mol. The first-order valence-corrected chi connectivity index (χ1v) is 1.57. The van der Waals surface area contributed by atoms with Gasteiger partial charge in [-0.1, -0.05) is 0 Å². The van der Waals surface area contributed by atoms with Crippen molar-refractivity contribution in [2.75, 3.05) is 6.61 Å². The van der Waals surface area contributed by atoms with Gasteiger partial charge >= 0.3 is 29.6 Å². The van der Waals surface area contributed by atoms with Crippen molar-refractivity contribution in [3.05, 3.63) is 0 Å². The number of carbonyl (C=O) groups is 2. The van der Waals surface area contributed by atoms with Crippen LogP contribution in [0.2, 0.25) is 0 Å². The van der Waals surface area contributed by atoms with Crippen LogP contribution in [0, 0.1) is 0 Å². The Labute approximate surface area is 73.6 Å². The molecule has 5 nitrogen and oxygen atoms in total. The first kappa shape index (κ1) is 16.0. The smallest absolute Gasteiger partial charge is 0.548 e. The van der Waals surface area contributed by atoms with E-state index in [0.717, 1.165) is 0 Å². The number of carboxylic acids is 1. The van der Waals surface area contributed by atoms with Crippen LogP contribution < -0.4 is 34.7 Å². The maximum atomic E-state index is 9.01. The fourth-order valence-corrected chi connectivity index (χ4v) is 0. The molecule has 0 aliphatic carbocycles. The van der Waals surface area contributed by atoms with Crippen LogP contribution in [0.25, 0.3) is 0 Å². The quantitative estimate of drug-likeness (QED) is 0.282. The Morgan fingerprint density at radius 1 is 1.67 bits per heavy atom. The van der Waals surface area contributed by atoms with Gasteiger partial charge in [-0.25, -0.2) is 0 Å². The predicted molar refractivity (Wildman–Crippen MR) is 20.8 cm³/mol. The molecule has 0 bridgehead atoms. The van der Waals surface area contributed by atoms with Gasteiger partial charge in [-0.2, -0.15) is 0 Å². The Bertz CT molecular complexity index is 72.6. The zero-order chi connectivity index (χ0) is 6.99. The SMILES string of the molecule is O=C([O-])CO.O=CO.[Na+]. The van der Waals surface area contributed by atoms with Gasteiger partial charge in [0.25, 0.3) is 6.47 Å². The zero-order valence-corrected chi connectivity index (χ0v) is 6.90. The van der Waals surface area contributed by atoms with Crippen molar-refractivity contribution in [1.29, 1.82) is 0 Å². The molecule has 0 atom stereocenters. The van der Waals surface area contributed by atoms with Gasteiger partial charge in [0.05, 0.1) is 12.6 Å². The van der Waals surface area contributed by atoms with Crippen LogP contribution in [0.15, 0.2) is 0 Å². The monoisotopic (exact) mass is 144 g/mol. The molecule has 0 amide bonds.